The van der Waals surface area contributed by atoms with E-state index in [2.05, 4.69) is 30.9 Å². The summed E-state index contributed by atoms with van der Waals surface area (Å²) in [6.45, 7) is 7.17. The highest BCUT2D eigenvalue weighted by atomic mass is 15.1. The van der Waals surface area contributed by atoms with Crippen LogP contribution >= 0.6 is 0 Å². The lowest BCUT2D eigenvalue weighted by Gasteiger charge is -2.31. The van der Waals surface area contributed by atoms with Crippen molar-refractivity contribution in [3.05, 3.63) is 12.2 Å². The molecule has 0 saturated heterocycles. The van der Waals surface area contributed by atoms with E-state index in [9.17, 15) is 0 Å². The molecule has 15 heavy (non-hydrogen) atoms. The Hall–Kier alpha value is -0.300. The molecule has 0 spiro atoms. The highest BCUT2D eigenvalue weighted by Gasteiger charge is 2.16. The third kappa shape index (κ3) is 4.83. The van der Waals surface area contributed by atoms with Crippen LogP contribution in [0.4, 0.5) is 0 Å². The molecule has 88 valence electrons. The van der Waals surface area contributed by atoms with E-state index >= 15 is 0 Å². The SMILES string of the molecule is CCCCN(CCCC)C1C=CCCC1. The quantitative estimate of drug-likeness (QED) is 0.573. The van der Waals surface area contributed by atoms with E-state index in [1.165, 1.54) is 58.0 Å². The number of nitrogens with zero attached hydrogens (tertiary/aromatic N) is 1. The van der Waals surface area contributed by atoms with Crippen LogP contribution in [0, 0.1) is 0 Å². The van der Waals surface area contributed by atoms with Gasteiger partial charge in [0, 0.05) is 6.04 Å². The van der Waals surface area contributed by atoms with E-state index in [1.807, 2.05) is 0 Å². The van der Waals surface area contributed by atoms with Crippen molar-refractivity contribution in [2.45, 2.75) is 64.8 Å². The van der Waals surface area contributed by atoms with Gasteiger partial charge >= 0.3 is 0 Å². The van der Waals surface area contributed by atoms with Gasteiger partial charge in [-0.1, -0.05) is 38.8 Å². The van der Waals surface area contributed by atoms with Gasteiger partial charge in [0.05, 0.1) is 0 Å². The molecule has 0 aromatic heterocycles. The van der Waals surface area contributed by atoms with Crippen LogP contribution in [-0.2, 0) is 0 Å². The van der Waals surface area contributed by atoms with Gasteiger partial charge in [-0.2, -0.15) is 0 Å². The van der Waals surface area contributed by atoms with Gasteiger partial charge in [0.25, 0.3) is 0 Å². The van der Waals surface area contributed by atoms with Crippen LogP contribution in [0.3, 0.4) is 0 Å². The van der Waals surface area contributed by atoms with Crippen LogP contribution in [0.2, 0.25) is 0 Å². The van der Waals surface area contributed by atoms with E-state index in [0.29, 0.717) is 0 Å². The molecule has 1 aliphatic rings. The van der Waals surface area contributed by atoms with Crippen LogP contribution in [0.1, 0.15) is 58.8 Å². The van der Waals surface area contributed by atoms with Crippen LogP contribution in [-0.4, -0.2) is 24.0 Å². The number of hydrogen-bond acceptors (Lipinski definition) is 1. The summed E-state index contributed by atoms with van der Waals surface area (Å²) < 4.78 is 0. The first-order valence-corrected chi connectivity index (χ1v) is 6.79. The van der Waals surface area contributed by atoms with Gasteiger partial charge in [0.15, 0.2) is 0 Å². The summed E-state index contributed by atoms with van der Waals surface area (Å²) in [5.74, 6) is 0. The maximum Gasteiger partial charge on any atom is 0.0278 e. The Kier molecular flexibility index (Phi) is 6.74. The maximum absolute atomic E-state index is 2.70. The molecule has 0 fully saturated rings. The van der Waals surface area contributed by atoms with Gasteiger partial charge < -0.3 is 0 Å². The van der Waals surface area contributed by atoms with Crippen molar-refractivity contribution in [1.82, 2.24) is 4.90 Å². The second-order valence-electron chi connectivity index (χ2n) is 4.67. The number of allylic oxidation sites excluding steroid dienone is 1. The number of hydrogen-bond donors (Lipinski definition) is 0. The molecule has 0 aromatic carbocycles. The largest absolute Gasteiger partial charge is 0.297 e. The summed E-state index contributed by atoms with van der Waals surface area (Å²) in [6, 6.07) is 0.747. The summed E-state index contributed by atoms with van der Waals surface area (Å²) >= 11 is 0. The zero-order chi connectivity index (χ0) is 10.9. The minimum absolute atomic E-state index is 0.747. The lowest BCUT2D eigenvalue weighted by molar-refractivity contribution is 0.207. The second-order valence-corrected chi connectivity index (χ2v) is 4.67. The monoisotopic (exact) mass is 209 g/mol. The Balaban J connectivity index is 2.38. The first-order valence-electron chi connectivity index (χ1n) is 6.79. The Morgan fingerprint density at radius 2 is 1.80 bits per heavy atom. The van der Waals surface area contributed by atoms with Gasteiger partial charge in [0.1, 0.15) is 0 Å². The maximum atomic E-state index is 2.70. The van der Waals surface area contributed by atoms with Crippen molar-refractivity contribution in [1.29, 1.82) is 0 Å². The van der Waals surface area contributed by atoms with Crippen molar-refractivity contribution < 1.29 is 0 Å². The molecule has 1 atom stereocenters. The Labute approximate surface area is 95.5 Å². The van der Waals surface area contributed by atoms with E-state index < -0.39 is 0 Å². The molecule has 1 aliphatic carbocycles. The molecule has 0 aromatic rings. The fraction of sp³-hybridized carbons (Fsp3) is 0.857. The summed E-state index contributed by atoms with van der Waals surface area (Å²) in [6.07, 6.45) is 14.2. The lowest BCUT2D eigenvalue weighted by Crippen LogP contribution is -2.36. The second kappa shape index (κ2) is 7.92. The van der Waals surface area contributed by atoms with E-state index in [1.54, 1.807) is 0 Å². The van der Waals surface area contributed by atoms with Crippen molar-refractivity contribution in [3.63, 3.8) is 0 Å². The highest BCUT2D eigenvalue weighted by molar-refractivity contribution is 4.98. The molecule has 0 N–H and O–H groups in total. The van der Waals surface area contributed by atoms with Crippen LogP contribution in [0.25, 0.3) is 0 Å². The van der Waals surface area contributed by atoms with E-state index in [-0.39, 0.29) is 0 Å². The normalized spacial score (nSPS) is 21.1. The fourth-order valence-corrected chi connectivity index (χ4v) is 2.26. The predicted molar refractivity (Wildman–Crippen MR) is 68.2 cm³/mol. The number of unbranched alkanes of at least 4 members (excludes halogenated alkanes) is 2. The summed E-state index contributed by atoms with van der Waals surface area (Å²) in [7, 11) is 0. The Bertz CT molecular complexity index is 166. The third-order valence-electron chi connectivity index (χ3n) is 3.30. The molecule has 1 unspecified atom stereocenters. The molecule has 0 radical (unpaired) electrons. The number of rotatable bonds is 7. The fourth-order valence-electron chi connectivity index (χ4n) is 2.26. The third-order valence-corrected chi connectivity index (χ3v) is 3.30. The van der Waals surface area contributed by atoms with E-state index in [4.69, 9.17) is 0 Å². The summed E-state index contributed by atoms with van der Waals surface area (Å²) in [5.41, 5.74) is 0. The smallest absolute Gasteiger partial charge is 0.0278 e. The molecule has 1 heteroatoms. The van der Waals surface area contributed by atoms with Crippen molar-refractivity contribution in [3.8, 4) is 0 Å². The van der Waals surface area contributed by atoms with Gasteiger partial charge in [0.2, 0.25) is 0 Å². The average Bonchev–Trinajstić information content (AvgIpc) is 2.30. The lowest BCUT2D eigenvalue weighted by atomic mass is 10.0. The topological polar surface area (TPSA) is 3.24 Å². The first-order chi connectivity index (χ1) is 7.38. The van der Waals surface area contributed by atoms with Crippen LogP contribution < -0.4 is 0 Å². The summed E-state index contributed by atoms with van der Waals surface area (Å²) in [4.78, 5) is 2.70. The molecule has 1 rings (SSSR count). The minimum Gasteiger partial charge on any atom is -0.297 e. The van der Waals surface area contributed by atoms with Gasteiger partial charge in [-0.3, -0.25) is 4.90 Å². The minimum atomic E-state index is 0.747. The molecule has 0 amide bonds. The van der Waals surface area contributed by atoms with E-state index in [0.717, 1.165) is 6.04 Å². The Morgan fingerprint density at radius 3 is 2.27 bits per heavy atom. The van der Waals surface area contributed by atoms with Crippen LogP contribution in [0.15, 0.2) is 12.2 Å². The average molecular weight is 209 g/mol. The Morgan fingerprint density at radius 1 is 1.13 bits per heavy atom. The standard InChI is InChI=1S/C14H27N/c1-3-5-12-15(13-6-4-2)14-10-8-7-9-11-14/h8,10,14H,3-7,9,11-13H2,1-2H3. The zero-order valence-corrected chi connectivity index (χ0v) is 10.5. The predicted octanol–water partition coefficient (Wildman–Crippen LogP) is 4.00. The molecule has 0 bridgehead atoms. The van der Waals surface area contributed by atoms with Gasteiger partial charge in [-0.25, -0.2) is 0 Å². The van der Waals surface area contributed by atoms with Crippen LogP contribution in [0.5, 0.6) is 0 Å². The van der Waals surface area contributed by atoms with Crippen molar-refractivity contribution in [2.75, 3.05) is 13.1 Å². The molecule has 0 heterocycles. The zero-order valence-electron chi connectivity index (χ0n) is 10.5. The van der Waals surface area contributed by atoms with Gasteiger partial charge in [-0.15, -0.1) is 0 Å². The van der Waals surface area contributed by atoms with Gasteiger partial charge in [-0.05, 0) is 45.2 Å². The van der Waals surface area contributed by atoms with Crippen molar-refractivity contribution in [2.24, 2.45) is 0 Å². The molecular formula is C14H27N. The summed E-state index contributed by atoms with van der Waals surface area (Å²) in [5, 5.41) is 0. The molecule has 0 aliphatic heterocycles. The first kappa shape index (κ1) is 12.8. The highest BCUT2D eigenvalue weighted by Crippen LogP contribution is 2.17. The molecule has 1 nitrogen and oxygen atoms in total. The van der Waals surface area contributed by atoms with Crippen molar-refractivity contribution >= 4 is 0 Å². The molecule has 0 saturated carbocycles. The molecular weight excluding hydrogens is 182 g/mol.